The molecule has 0 aromatic heterocycles. The molecule has 1 fully saturated rings. The number of halogens is 1. The van der Waals surface area contributed by atoms with Crippen LogP contribution in [0.15, 0.2) is 18.2 Å². The largest absolute Gasteiger partial charge is 0.398 e. The lowest BCUT2D eigenvalue weighted by Crippen LogP contribution is -2.44. The maximum atomic E-state index is 12.5. The molecule has 0 saturated carbocycles. The second-order valence-corrected chi connectivity index (χ2v) is 6.96. The molecule has 0 radical (unpaired) electrons. The van der Waals surface area contributed by atoms with Crippen LogP contribution in [0.3, 0.4) is 0 Å². The molecule has 1 aliphatic heterocycles. The summed E-state index contributed by atoms with van der Waals surface area (Å²) < 4.78 is 0. The number of carbonyl (C=O) groups is 1. The van der Waals surface area contributed by atoms with Crippen molar-refractivity contribution < 1.29 is 4.79 Å². The minimum absolute atomic E-state index is 0.0582. The van der Waals surface area contributed by atoms with Crippen molar-refractivity contribution in [1.82, 2.24) is 4.90 Å². The van der Waals surface area contributed by atoms with Crippen molar-refractivity contribution in [2.75, 3.05) is 18.8 Å². The van der Waals surface area contributed by atoms with Crippen LogP contribution in [0.1, 0.15) is 24.2 Å². The molecule has 2 unspecified atom stereocenters. The van der Waals surface area contributed by atoms with Crippen LogP contribution in [0, 0.1) is 0 Å². The van der Waals surface area contributed by atoms with Gasteiger partial charge in [0.05, 0.1) is 10.6 Å². The predicted molar refractivity (Wildman–Crippen MR) is 78.3 cm³/mol. The van der Waals surface area contributed by atoms with Gasteiger partial charge in [-0.05, 0) is 12.1 Å². The van der Waals surface area contributed by atoms with Gasteiger partial charge in [0.2, 0.25) is 0 Å². The molecule has 1 aromatic rings. The number of carbonyl (C=O) groups excluding carboxylic acids is 1. The van der Waals surface area contributed by atoms with E-state index in [0.717, 1.165) is 13.1 Å². The first-order valence-electron chi connectivity index (χ1n) is 5.97. The van der Waals surface area contributed by atoms with Crippen LogP contribution in [0.4, 0.5) is 5.69 Å². The monoisotopic (exact) mass is 284 g/mol. The number of amides is 1. The highest BCUT2D eigenvalue weighted by Crippen LogP contribution is 2.29. The molecule has 18 heavy (non-hydrogen) atoms. The molecule has 1 heterocycles. The average molecular weight is 285 g/mol. The van der Waals surface area contributed by atoms with E-state index in [9.17, 15) is 4.79 Å². The lowest BCUT2D eigenvalue weighted by atomic mass is 10.1. The van der Waals surface area contributed by atoms with Gasteiger partial charge in [0.25, 0.3) is 5.91 Å². The summed E-state index contributed by atoms with van der Waals surface area (Å²) in [6.07, 6.45) is 0. The Hall–Kier alpha value is -0.870. The van der Waals surface area contributed by atoms with Crippen molar-refractivity contribution in [3.63, 3.8) is 0 Å². The molecule has 0 spiro atoms. The molecule has 3 nitrogen and oxygen atoms in total. The van der Waals surface area contributed by atoms with Gasteiger partial charge >= 0.3 is 0 Å². The molecule has 1 saturated heterocycles. The number of anilines is 1. The average Bonchev–Trinajstić information content (AvgIpc) is 2.27. The minimum atomic E-state index is -0.0582. The van der Waals surface area contributed by atoms with Crippen molar-refractivity contribution in [1.29, 1.82) is 0 Å². The Kier molecular flexibility index (Phi) is 4.07. The van der Waals surface area contributed by atoms with Gasteiger partial charge in [0.1, 0.15) is 0 Å². The Labute approximate surface area is 117 Å². The van der Waals surface area contributed by atoms with Crippen molar-refractivity contribution in [3.8, 4) is 0 Å². The quantitative estimate of drug-likeness (QED) is 0.807. The SMILES string of the molecule is CC1CN(C(=O)c2c(N)cccc2Cl)CC(C)S1. The fraction of sp³-hybridized carbons (Fsp3) is 0.462. The Morgan fingerprint density at radius 3 is 2.56 bits per heavy atom. The first-order chi connectivity index (χ1) is 8.49. The lowest BCUT2D eigenvalue weighted by molar-refractivity contribution is 0.0754. The number of thioether (sulfide) groups is 1. The van der Waals surface area contributed by atoms with Gasteiger partial charge in [-0.3, -0.25) is 4.79 Å². The third-order valence-corrected chi connectivity index (χ3v) is 4.51. The summed E-state index contributed by atoms with van der Waals surface area (Å²) in [6.45, 7) is 5.77. The zero-order valence-electron chi connectivity index (χ0n) is 10.5. The van der Waals surface area contributed by atoms with Gasteiger partial charge in [-0.15, -0.1) is 0 Å². The van der Waals surface area contributed by atoms with Crippen LogP contribution in [0.25, 0.3) is 0 Å². The van der Waals surface area contributed by atoms with Crippen LogP contribution >= 0.6 is 23.4 Å². The smallest absolute Gasteiger partial charge is 0.257 e. The van der Waals surface area contributed by atoms with Gasteiger partial charge < -0.3 is 10.6 Å². The molecule has 0 bridgehead atoms. The lowest BCUT2D eigenvalue weighted by Gasteiger charge is -2.35. The van der Waals surface area contributed by atoms with E-state index in [4.69, 9.17) is 17.3 Å². The molecule has 98 valence electrons. The van der Waals surface area contributed by atoms with E-state index in [2.05, 4.69) is 13.8 Å². The van der Waals surface area contributed by atoms with Crippen molar-refractivity contribution in [3.05, 3.63) is 28.8 Å². The second-order valence-electron chi connectivity index (χ2n) is 4.67. The summed E-state index contributed by atoms with van der Waals surface area (Å²) in [5.74, 6) is -0.0582. The first-order valence-corrected chi connectivity index (χ1v) is 7.30. The Balaban J connectivity index is 2.26. The van der Waals surface area contributed by atoms with E-state index in [1.54, 1.807) is 18.2 Å². The highest BCUT2D eigenvalue weighted by atomic mass is 35.5. The van der Waals surface area contributed by atoms with E-state index < -0.39 is 0 Å². The van der Waals surface area contributed by atoms with Crippen LogP contribution in [0.2, 0.25) is 5.02 Å². The van der Waals surface area contributed by atoms with Crippen LogP contribution < -0.4 is 5.73 Å². The van der Waals surface area contributed by atoms with E-state index in [0.29, 0.717) is 26.8 Å². The normalized spacial score (nSPS) is 24.1. The number of rotatable bonds is 1. The van der Waals surface area contributed by atoms with Gasteiger partial charge in [-0.2, -0.15) is 11.8 Å². The van der Waals surface area contributed by atoms with Crippen molar-refractivity contribution in [2.45, 2.75) is 24.3 Å². The van der Waals surface area contributed by atoms with Gasteiger partial charge in [0.15, 0.2) is 0 Å². The Bertz CT molecular complexity index is 436. The summed E-state index contributed by atoms with van der Waals surface area (Å²) in [5.41, 5.74) is 6.75. The summed E-state index contributed by atoms with van der Waals surface area (Å²) in [7, 11) is 0. The highest BCUT2D eigenvalue weighted by molar-refractivity contribution is 8.00. The molecule has 1 aromatic carbocycles. The van der Waals surface area contributed by atoms with Gasteiger partial charge in [-0.25, -0.2) is 0 Å². The number of nitrogens with zero attached hydrogens (tertiary/aromatic N) is 1. The molecule has 1 amide bonds. The number of benzene rings is 1. The standard InChI is InChI=1S/C13H17ClN2OS/c1-8-6-16(7-9(2)18-8)13(17)12-10(14)4-3-5-11(12)15/h3-5,8-9H,6-7,15H2,1-2H3. The number of hydrogen-bond acceptors (Lipinski definition) is 3. The number of hydrogen-bond donors (Lipinski definition) is 1. The van der Waals surface area contributed by atoms with Crippen LogP contribution in [-0.2, 0) is 0 Å². The third kappa shape index (κ3) is 2.75. The van der Waals surface area contributed by atoms with Crippen LogP contribution in [0.5, 0.6) is 0 Å². The second kappa shape index (κ2) is 5.41. The molecule has 0 aliphatic carbocycles. The highest BCUT2D eigenvalue weighted by Gasteiger charge is 2.28. The maximum Gasteiger partial charge on any atom is 0.257 e. The van der Waals surface area contributed by atoms with Crippen molar-refractivity contribution >= 4 is 35.0 Å². The number of nitrogen functional groups attached to an aromatic ring is 1. The Morgan fingerprint density at radius 2 is 2.00 bits per heavy atom. The van der Waals surface area contributed by atoms with Crippen molar-refractivity contribution in [2.24, 2.45) is 0 Å². The van der Waals surface area contributed by atoms with E-state index >= 15 is 0 Å². The zero-order chi connectivity index (χ0) is 13.3. The fourth-order valence-electron chi connectivity index (χ4n) is 2.27. The molecular formula is C13H17ClN2OS. The first kappa shape index (κ1) is 13.6. The van der Waals surface area contributed by atoms with Crippen LogP contribution in [-0.4, -0.2) is 34.4 Å². The molecule has 1 aliphatic rings. The Morgan fingerprint density at radius 1 is 1.39 bits per heavy atom. The topological polar surface area (TPSA) is 46.3 Å². The number of nitrogens with two attached hydrogens (primary N) is 1. The summed E-state index contributed by atoms with van der Waals surface area (Å²) >= 11 is 7.99. The van der Waals surface area contributed by atoms with E-state index in [1.807, 2.05) is 16.7 Å². The molecular weight excluding hydrogens is 268 g/mol. The summed E-state index contributed by atoms with van der Waals surface area (Å²) in [4.78, 5) is 14.3. The molecule has 5 heteroatoms. The van der Waals surface area contributed by atoms with Gasteiger partial charge in [0, 0.05) is 29.3 Å². The predicted octanol–water partition coefficient (Wildman–Crippen LogP) is 2.89. The third-order valence-electron chi connectivity index (χ3n) is 2.97. The zero-order valence-corrected chi connectivity index (χ0v) is 12.1. The summed E-state index contributed by atoms with van der Waals surface area (Å²) in [6, 6.07) is 5.17. The molecule has 2 N–H and O–H groups in total. The molecule has 2 atom stereocenters. The minimum Gasteiger partial charge on any atom is -0.398 e. The summed E-state index contributed by atoms with van der Waals surface area (Å²) in [5, 5.41) is 1.32. The van der Waals surface area contributed by atoms with Gasteiger partial charge in [-0.1, -0.05) is 31.5 Å². The fourth-order valence-corrected chi connectivity index (χ4v) is 3.86. The maximum absolute atomic E-state index is 12.5. The van der Waals surface area contributed by atoms with E-state index in [-0.39, 0.29) is 5.91 Å². The molecule has 2 rings (SSSR count). The van der Waals surface area contributed by atoms with E-state index in [1.165, 1.54) is 0 Å².